The Balaban J connectivity index is 2.08. The summed E-state index contributed by atoms with van der Waals surface area (Å²) in [5.41, 5.74) is 2.33. The van der Waals surface area contributed by atoms with E-state index in [1.54, 1.807) is 7.05 Å². The molecular formula is C16H22N4O3S. The number of nitrogens with one attached hydrogen (secondary N) is 2. The van der Waals surface area contributed by atoms with Gasteiger partial charge in [0.15, 0.2) is 0 Å². The van der Waals surface area contributed by atoms with E-state index in [0.717, 1.165) is 11.3 Å². The van der Waals surface area contributed by atoms with E-state index in [1.165, 1.54) is 23.9 Å². The fourth-order valence-electron chi connectivity index (χ4n) is 2.21. The quantitative estimate of drug-likeness (QED) is 0.812. The minimum atomic E-state index is -3.57. The van der Waals surface area contributed by atoms with Crippen LogP contribution < -0.4 is 14.9 Å². The number of rotatable bonds is 6. The van der Waals surface area contributed by atoms with Crippen LogP contribution in [0.25, 0.3) is 0 Å². The van der Waals surface area contributed by atoms with Gasteiger partial charge in [-0.15, -0.1) is 0 Å². The molecule has 0 atom stereocenters. The van der Waals surface area contributed by atoms with Crippen LogP contribution in [-0.4, -0.2) is 40.0 Å². The number of nitrogens with zero attached hydrogens (tertiary/aromatic N) is 2. The predicted octanol–water partition coefficient (Wildman–Crippen LogP) is 0.929. The second-order valence-electron chi connectivity index (χ2n) is 5.62. The number of carbonyl (C=O) groups is 1. The second kappa shape index (κ2) is 7.06. The average molecular weight is 350 g/mol. The molecule has 0 bridgehead atoms. The van der Waals surface area contributed by atoms with Crippen LogP contribution in [0.2, 0.25) is 0 Å². The van der Waals surface area contributed by atoms with Crippen molar-refractivity contribution in [3.63, 3.8) is 0 Å². The first-order chi connectivity index (χ1) is 11.2. The van der Waals surface area contributed by atoms with Gasteiger partial charge in [-0.3, -0.25) is 4.79 Å². The fraction of sp³-hybridized carbons (Fsp3) is 0.312. The van der Waals surface area contributed by atoms with E-state index in [-0.39, 0.29) is 16.5 Å². The van der Waals surface area contributed by atoms with E-state index in [4.69, 9.17) is 0 Å². The summed E-state index contributed by atoms with van der Waals surface area (Å²) in [5, 5.41) is 2.80. The Labute approximate surface area is 142 Å². The van der Waals surface area contributed by atoms with Crippen LogP contribution in [0.15, 0.2) is 41.4 Å². The maximum Gasteiger partial charge on any atom is 0.268 e. The summed E-state index contributed by atoms with van der Waals surface area (Å²) in [7, 11) is 3.32. The summed E-state index contributed by atoms with van der Waals surface area (Å²) >= 11 is 0. The highest BCUT2D eigenvalue weighted by molar-refractivity contribution is 7.89. The molecule has 1 amide bonds. The normalized spacial score (nSPS) is 11.3. The SMILES string of the molecule is CNS(=O)(=O)c1cc(C(=O)NCc2ccc(N(C)C)cc2)n(C)c1. The standard InChI is InChI=1S/C16H22N4O3S/c1-17-24(22,23)14-9-15(20(4)11-14)16(21)18-10-12-5-7-13(8-6-12)19(2)3/h5-9,11,17H,10H2,1-4H3,(H,18,21). The Morgan fingerprint density at radius 1 is 1.21 bits per heavy atom. The van der Waals surface area contributed by atoms with Crippen LogP contribution in [0.5, 0.6) is 0 Å². The highest BCUT2D eigenvalue weighted by atomic mass is 32.2. The number of carbonyl (C=O) groups excluding carboxylic acids is 1. The molecular weight excluding hydrogens is 328 g/mol. The third-order valence-electron chi connectivity index (χ3n) is 3.70. The molecule has 7 nitrogen and oxygen atoms in total. The first kappa shape index (κ1) is 18.0. The molecule has 24 heavy (non-hydrogen) atoms. The molecule has 1 aromatic carbocycles. The molecule has 2 aromatic rings. The van der Waals surface area contributed by atoms with Crippen molar-refractivity contribution in [1.29, 1.82) is 0 Å². The van der Waals surface area contributed by atoms with E-state index >= 15 is 0 Å². The smallest absolute Gasteiger partial charge is 0.268 e. The summed E-state index contributed by atoms with van der Waals surface area (Å²) in [5.74, 6) is -0.327. The van der Waals surface area contributed by atoms with Gasteiger partial charge >= 0.3 is 0 Å². The lowest BCUT2D eigenvalue weighted by Gasteiger charge is -2.13. The van der Waals surface area contributed by atoms with Gasteiger partial charge in [0.1, 0.15) is 10.6 Å². The minimum Gasteiger partial charge on any atom is -0.378 e. The van der Waals surface area contributed by atoms with Crippen LogP contribution >= 0.6 is 0 Å². The van der Waals surface area contributed by atoms with Gasteiger partial charge in [-0.05, 0) is 30.8 Å². The maximum absolute atomic E-state index is 12.3. The third kappa shape index (κ3) is 3.95. The van der Waals surface area contributed by atoms with Crippen molar-refractivity contribution in [3.05, 3.63) is 47.8 Å². The van der Waals surface area contributed by atoms with Crippen molar-refractivity contribution in [1.82, 2.24) is 14.6 Å². The van der Waals surface area contributed by atoms with Crippen molar-refractivity contribution in [2.45, 2.75) is 11.4 Å². The number of amides is 1. The summed E-state index contributed by atoms with van der Waals surface area (Å²) in [6, 6.07) is 9.19. The van der Waals surface area contributed by atoms with Gasteiger partial charge in [0.25, 0.3) is 5.91 Å². The molecule has 2 rings (SSSR count). The Morgan fingerprint density at radius 3 is 2.38 bits per heavy atom. The lowest BCUT2D eigenvalue weighted by atomic mass is 10.2. The number of sulfonamides is 1. The zero-order chi connectivity index (χ0) is 17.9. The summed E-state index contributed by atoms with van der Waals surface area (Å²) in [6.45, 7) is 0.367. The zero-order valence-corrected chi connectivity index (χ0v) is 15.0. The molecule has 2 N–H and O–H groups in total. The van der Waals surface area contributed by atoms with Crippen LogP contribution in [0.3, 0.4) is 0 Å². The van der Waals surface area contributed by atoms with E-state index in [9.17, 15) is 13.2 Å². The Morgan fingerprint density at radius 2 is 1.83 bits per heavy atom. The van der Waals surface area contributed by atoms with Crippen LogP contribution in [-0.2, 0) is 23.6 Å². The molecule has 130 valence electrons. The largest absolute Gasteiger partial charge is 0.378 e. The van der Waals surface area contributed by atoms with Gasteiger partial charge < -0.3 is 14.8 Å². The molecule has 0 unspecified atom stereocenters. The number of hydrogen-bond donors (Lipinski definition) is 2. The van der Waals surface area contributed by atoms with Crippen LogP contribution in [0, 0.1) is 0 Å². The van der Waals surface area contributed by atoms with Gasteiger partial charge in [0, 0.05) is 39.6 Å². The van der Waals surface area contributed by atoms with Crippen molar-refractivity contribution in [2.75, 3.05) is 26.0 Å². The zero-order valence-electron chi connectivity index (χ0n) is 14.2. The average Bonchev–Trinajstić information content (AvgIpc) is 2.95. The molecule has 1 aromatic heterocycles. The first-order valence-electron chi connectivity index (χ1n) is 7.39. The van der Waals surface area contributed by atoms with Crippen molar-refractivity contribution >= 4 is 21.6 Å². The predicted molar refractivity (Wildman–Crippen MR) is 93.6 cm³/mol. The molecule has 0 aliphatic carbocycles. The Kier molecular flexibility index (Phi) is 5.30. The number of aryl methyl sites for hydroxylation is 1. The molecule has 0 saturated carbocycles. The van der Waals surface area contributed by atoms with Gasteiger partial charge in [0.05, 0.1) is 0 Å². The molecule has 0 aliphatic heterocycles. The van der Waals surface area contributed by atoms with E-state index < -0.39 is 10.0 Å². The molecule has 0 aliphatic rings. The summed E-state index contributed by atoms with van der Waals surface area (Å²) < 4.78 is 27.3. The Hall–Kier alpha value is -2.32. The fourth-order valence-corrected chi connectivity index (χ4v) is 3.01. The van der Waals surface area contributed by atoms with E-state index in [1.807, 2.05) is 43.3 Å². The van der Waals surface area contributed by atoms with Gasteiger partial charge in [0.2, 0.25) is 10.0 Å². The summed E-state index contributed by atoms with van der Waals surface area (Å²) in [6.07, 6.45) is 1.41. The maximum atomic E-state index is 12.3. The van der Waals surface area contributed by atoms with Gasteiger partial charge in [-0.2, -0.15) is 0 Å². The van der Waals surface area contributed by atoms with Crippen molar-refractivity contribution in [3.8, 4) is 0 Å². The topological polar surface area (TPSA) is 83.4 Å². The second-order valence-corrected chi connectivity index (χ2v) is 7.51. The van der Waals surface area contributed by atoms with Crippen LogP contribution in [0.4, 0.5) is 5.69 Å². The first-order valence-corrected chi connectivity index (χ1v) is 8.87. The van der Waals surface area contributed by atoms with Crippen molar-refractivity contribution < 1.29 is 13.2 Å². The number of benzene rings is 1. The minimum absolute atomic E-state index is 0.0629. The molecule has 0 radical (unpaired) electrons. The lowest BCUT2D eigenvalue weighted by molar-refractivity contribution is 0.0943. The molecule has 8 heteroatoms. The number of hydrogen-bond acceptors (Lipinski definition) is 4. The highest BCUT2D eigenvalue weighted by Gasteiger charge is 2.18. The molecule has 0 fully saturated rings. The van der Waals surface area contributed by atoms with Crippen LogP contribution in [0.1, 0.15) is 16.1 Å². The summed E-state index contributed by atoms with van der Waals surface area (Å²) in [4.78, 5) is 14.3. The van der Waals surface area contributed by atoms with Gasteiger partial charge in [-0.25, -0.2) is 13.1 Å². The lowest BCUT2D eigenvalue weighted by Crippen LogP contribution is -2.24. The number of anilines is 1. The molecule has 1 heterocycles. The monoisotopic (exact) mass is 350 g/mol. The highest BCUT2D eigenvalue weighted by Crippen LogP contribution is 2.14. The van der Waals surface area contributed by atoms with Gasteiger partial charge in [-0.1, -0.05) is 12.1 Å². The number of aromatic nitrogens is 1. The van der Waals surface area contributed by atoms with Crippen molar-refractivity contribution in [2.24, 2.45) is 7.05 Å². The van der Waals surface area contributed by atoms with E-state index in [0.29, 0.717) is 6.54 Å². The molecule has 0 saturated heterocycles. The van der Waals surface area contributed by atoms with E-state index in [2.05, 4.69) is 10.0 Å². The third-order valence-corrected chi connectivity index (χ3v) is 5.08. The Bertz CT molecular complexity index is 824. The molecule has 0 spiro atoms.